The summed E-state index contributed by atoms with van der Waals surface area (Å²) >= 11 is 0. The number of hydrogen-bond donors (Lipinski definition) is 1. The van der Waals surface area contributed by atoms with E-state index in [0.29, 0.717) is 24.3 Å². The van der Waals surface area contributed by atoms with Crippen LogP contribution in [0.4, 0.5) is 0 Å². The molecule has 0 saturated carbocycles. The topological polar surface area (TPSA) is 61.6 Å². The molecule has 0 aliphatic carbocycles. The van der Waals surface area contributed by atoms with Gasteiger partial charge in [-0.3, -0.25) is 14.4 Å². The molecule has 4 aliphatic heterocycles. The molecule has 6 rings (SSSR count). The lowest BCUT2D eigenvalue weighted by atomic mass is 9.75. The summed E-state index contributed by atoms with van der Waals surface area (Å²) in [5, 5.41) is 14.4. The second-order valence-corrected chi connectivity index (χ2v) is 8.47. The monoisotopic (exact) mass is 380 g/mol. The van der Waals surface area contributed by atoms with Crippen LogP contribution in [0.3, 0.4) is 0 Å². The molecule has 0 unspecified atom stereocenters. The number of benzene rings is 1. The van der Waals surface area contributed by atoms with Crippen molar-refractivity contribution in [2.45, 2.75) is 51.2 Å². The van der Waals surface area contributed by atoms with Crippen molar-refractivity contribution < 1.29 is 9.90 Å². The van der Waals surface area contributed by atoms with Gasteiger partial charge in [0, 0.05) is 30.7 Å². The summed E-state index contributed by atoms with van der Waals surface area (Å²) < 4.78 is 1.89. The molecule has 0 spiro atoms. The Morgan fingerprint density at radius 2 is 2.04 bits per heavy atom. The number of aryl methyl sites for hydroxylation is 1. The quantitative estimate of drug-likeness (QED) is 0.889. The lowest BCUT2D eigenvalue weighted by molar-refractivity contribution is -0.00344. The molecule has 6 nitrogen and oxygen atoms in total. The third-order valence-corrected chi connectivity index (χ3v) is 7.19. The summed E-state index contributed by atoms with van der Waals surface area (Å²) in [5.74, 6) is 1.23. The normalized spacial score (nSPS) is 31.2. The van der Waals surface area contributed by atoms with Crippen LogP contribution in [0.25, 0.3) is 0 Å². The maximum atomic E-state index is 13.6. The number of phenolic OH excluding ortho intramolecular Hbond substituents is 1. The lowest BCUT2D eigenvalue weighted by Gasteiger charge is -2.51. The van der Waals surface area contributed by atoms with Crippen LogP contribution in [0.5, 0.6) is 5.75 Å². The van der Waals surface area contributed by atoms with E-state index in [-0.39, 0.29) is 17.9 Å². The van der Waals surface area contributed by atoms with Gasteiger partial charge in [0.1, 0.15) is 5.75 Å². The van der Waals surface area contributed by atoms with Gasteiger partial charge in [-0.05, 0) is 63.4 Å². The van der Waals surface area contributed by atoms with Gasteiger partial charge in [0.25, 0.3) is 5.91 Å². The zero-order valence-corrected chi connectivity index (χ0v) is 16.6. The molecule has 2 aromatic rings. The van der Waals surface area contributed by atoms with E-state index in [1.54, 1.807) is 12.3 Å². The maximum Gasteiger partial charge on any atom is 0.257 e. The van der Waals surface area contributed by atoms with Crippen LogP contribution in [0.15, 0.2) is 30.5 Å². The van der Waals surface area contributed by atoms with E-state index in [4.69, 9.17) is 0 Å². The molecule has 148 valence electrons. The molecule has 5 heterocycles. The number of piperidine rings is 3. The molecule has 6 heteroatoms. The smallest absolute Gasteiger partial charge is 0.257 e. The fraction of sp³-hybridized carbons (Fsp3) is 0.545. The van der Waals surface area contributed by atoms with E-state index in [1.807, 2.05) is 30.7 Å². The first-order valence-corrected chi connectivity index (χ1v) is 10.4. The Labute approximate surface area is 165 Å². The van der Waals surface area contributed by atoms with Gasteiger partial charge in [0.15, 0.2) is 0 Å². The highest BCUT2D eigenvalue weighted by Crippen LogP contribution is 2.47. The molecule has 1 aromatic carbocycles. The Hall–Kier alpha value is -2.34. The molecule has 1 aromatic heterocycles. The van der Waals surface area contributed by atoms with Crippen molar-refractivity contribution in [1.82, 2.24) is 19.6 Å². The molecule has 4 aliphatic rings. The van der Waals surface area contributed by atoms with Gasteiger partial charge in [-0.1, -0.05) is 12.1 Å². The summed E-state index contributed by atoms with van der Waals surface area (Å²) in [6.45, 7) is 7.76. The number of aromatic hydroxyl groups is 1. The van der Waals surface area contributed by atoms with Crippen LogP contribution in [-0.2, 0) is 6.54 Å². The number of likely N-dealkylation sites (tertiary alicyclic amines) is 1. The van der Waals surface area contributed by atoms with Gasteiger partial charge in [-0.2, -0.15) is 5.10 Å². The molecule has 4 fully saturated rings. The first-order valence-electron chi connectivity index (χ1n) is 10.4. The maximum absolute atomic E-state index is 13.6. The van der Waals surface area contributed by atoms with Crippen molar-refractivity contribution in [2.75, 3.05) is 19.6 Å². The van der Waals surface area contributed by atoms with Crippen molar-refractivity contribution >= 4 is 5.91 Å². The average molecular weight is 380 g/mol. The van der Waals surface area contributed by atoms with Gasteiger partial charge in [-0.25, -0.2) is 0 Å². The van der Waals surface area contributed by atoms with E-state index in [0.717, 1.165) is 36.5 Å². The largest absolute Gasteiger partial charge is 0.508 e. The van der Waals surface area contributed by atoms with Crippen LogP contribution in [-0.4, -0.2) is 62.3 Å². The predicted molar refractivity (Wildman–Crippen MR) is 106 cm³/mol. The number of nitrogens with zero attached hydrogens (tertiary/aromatic N) is 4. The number of aromatic nitrogens is 2. The van der Waals surface area contributed by atoms with E-state index in [2.05, 4.69) is 21.0 Å². The minimum Gasteiger partial charge on any atom is -0.508 e. The van der Waals surface area contributed by atoms with Gasteiger partial charge in [0.2, 0.25) is 0 Å². The third kappa shape index (κ3) is 2.58. The van der Waals surface area contributed by atoms with Crippen molar-refractivity contribution in [2.24, 2.45) is 5.92 Å². The highest BCUT2D eigenvalue weighted by atomic mass is 16.3. The van der Waals surface area contributed by atoms with Gasteiger partial charge >= 0.3 is 0 Å². The van der Waals surface area contributed by atoms with Crippen molar-refractivity contribution in [3.63, 3.8) is 0 Å². The predicted octanol–water partition coefficient (Wildman–Crippen LogP) is 2.62. The highest BCUT2D eigenvalue weighted by molar-refractivity contribution is 5.95. The SMILES string of the molecule is CCn1ncc(C(=O)N2C[C@H](c3cccc(O)c3)[C@H]3[C@@H]2C2CCN3CC2)c1C. The summed E-state index contributed by atoms with van der Waals surface area (Å²) in [4.78, 5) is 18.3. The Morgan fingerprint density at radius 1 is 1.25 bits per heavy atom. The van der Waals surface area contributed by atoms with Crippen LogP contribution >= 0.6 is 0 Å². The van der Waals surface area contributed by atoms with Crippen LogP contribution in [0, 0.1) is 12.8 Å². The second-order valence-electron chi connectivity index (χ2n) is 8.47. The number of rotatable bonds is 3. The minimum absolute atomic E-state index is 0.114. The molecule has 2 bridgehead atoms. The van der Waals surface area contributed by atoms with Gasteiger partial charge < -0.3 is 10.0 Å². The zero-order chi connectivity index (χ0) is 19.4. The standard InChI is InChI=1S/C22H28N4O2/c1-3-26-14(2)18(12-23-26)22(28)25-13-19(16-5-4-6-17(27)11-16)21-20(25)15-7-9-24(21)10-8-15/h4-6,11-12,15,19-21,27H,3,7-10,13H2,1-2H3/t19-,20+,21+/m1/s1. The summed E-state index contributed by atoms with van der Waals surface area (Å²) in [6.07, 6.45) is 4.08. The molecule has 3 atom stereocenters. The average Bonchev–Trinajstić information content (AvgIpc) is 3.31. The lowest BCUT2D eigenvalue weighted by Crippen LogP contribution is -2.60. The summed E-state index contributed by atoms with van der Waals surface area (Å²) in [7, 11) is 0. The van der Waals surface area contributed by atoms with E-state index in [9.17, 15) is 9.90 Å². The molecular formula is C22H28N4O2. The highest BCUT2D eigenvalue weighted by Gasteiger charge is 2.54. The number of hydrogen-bond acceptors (Lipinski definition) is 4. The Morgan fingerprint density at radius 3 is 2.71 bits per heavy atom. The first kappa shape index (κ1) is 17.7. The van der Waals surface area contributed by atoms with Gasteiger partial charge in [0.05, 0.1) is 17.8 Å². The van der Waals surface area contributed by atoms with E-state index >= 15 is 0 Å². The van der Waals surface area contributed by atoms with Crippen molar-refractivity contribution in [1.29, 1.82) is 0 Å². The molecule has 4 saturated heterocycles. The zero-order valence-electron chi connectivity index (χ0n) is 16.6. The molecule has 0 radical (unpaired) electrons. The number of amides is 1. The van der Waals surface area contributed by atoms with Crippen molar-refractivity contribution in [3.05, 3.63) is 47.3 Å². The number of carbonyl (C=O) groups is 1. The second kappa shape index (κ2) is 6.62. The minimum atomic E-state index is 0.114. The molecule has 28 heavy (non-hydrogen) atoms. The third-order valence-electron chi connectivity index (χ3n) is 7.19. The molecule has 1 N–H and O–H groups in total. The first-order chi connectivity index (χ1) is 13.6. The molecule has 1 amide bonds. The Balaban J connectivity index is 1.53. The van der Waals surface area contributed by atoms with Crippen LogP contribution < -0.4 is 0 Å². The number of fused-ring (bicyclic) bond motifs is 2. The van der Waals surface area contributed by atoms with Gasteiger partial charge in [-0.15, -0.1) is 0 Å². The van der Waals surface area contributed by atoms with Crippen LogP contribution in [0.1, 0.15) is 47.3 Å². The number of carbonyl (C=O) groups excluding carboxylic acids is 1. The summed E-state index contributed by atoms with van der Waals surface area (Å²) in [6, 6.07) is 8.20. The van der Waals surface area contributed by atoms with E-state index in [1.165, 1.54) is 12.8 Å². The fourth-order valence-electron chi connectivity index (χ4n) is 5.83. The fourth-order valence-corrected chi connectivity index (χ4v) is 5.83. The van der Waals surface area contributed by atoms with E-state index < -0.39 is 0 Å². The Kier molecular flexibility index (Phi) is 4.19. The Bertz CT molecular complexity index is 900. The summed E-state index contributed by atoms with van der Waals surface area (Å²) in [5.41, 5.74) is 2.82. The van der Waals surface area contributed by atoms with Crippen LogP contribution in [0.2, 0.25) is 0 Å². The molecular weight excluding hydrogens is 352 g/mol. The van der Waals surface area contributed by atoms with Crippen molar-refractivity contribution in [3.8, 4) is 5.75 Å². The number of phenols is 1.